The fourth-order valence-electron chi connectivity index (χ4n) is 1.36. The van der Waals surface area contributed by atoms with Crippen LogP contribution in [0.3, 0.4) is 0 Å². The highest BCUT2D eigenvalue weighted by Crippen LogP contribution is 2.14. The van der Waals surface area contributed by atoms with Crippen LogP contribution in [-0.4, -0.2) is 9.97 Å². The van der Waals surface area contributed by atoms with E-state index in [1.165, 1.54) is 5.69 Å². The van der Waals surface area contributed by atoms with Gasteiger partial charge in [0.15, 0.2) is 0 Å². The average molecular weight is 210 g/mol. The van der Waals surface area contributed by atoms with Gasteiger partial charge in [-0.25, -0.2) is 4.98 Å². The first kappa shape index (κ1) is 11.4. The average Bonchev–Trinajstić information content (AvgIpc) is 2.16. The van der Waals surface area contributed by atoms with Gasteiger partial charge < -0.3 is 4.98 Å². The standard InChI is InChI=1S/C11H18N2S/c1-4-6-9-7-10(14)13-11(12-9)8(3)5-2/h7-8H,4-6H2,1-3H3,(H,12,13,14). The molecule has 0 aliphatic rings. The molecule has 0 saturated heterocycles. The molecule has 1 aromatic heterocycles. The summed E-state index contributed by atoms with van der Waals surface area (Å²) < 4.78 is 0.711. The molecule has 1 atom stereocenters. The smallest absolute Gasteiger partial charge is 0.129 e. The predicted octanol–water partition coefficient (Wildman–Crippen LogP) is 3.61. The van der Waals surface area contributed by atoms with Gasteiger partial charge in [0, 0.05) is 11.6 Å². The van der Waals surface area contributed by atoms with E-state index in [9.17, 15) is 0 Å². The van der Waals surface area contributed by atoms with Gasteiger partial charge in [-0.2, -0.15) is 0 Å². The van der Waals surface area contributed by atoms with E-state index in [1.807, 2.05) is 6.07 Å². The molecule has 1 aromatic rings. The summed E-state index contributed by atoms with van der Waals surface area (Å²) >= 11 is 5.14. The molecule has 0 aromatic carbocycles. The van der Waals surface area contributed by atoms with Gasteiger partial charge in [-0.15, -0.1) is 0 Å². The highest BCUT2D eigenvalue weighted by molar-refractivity contribution is 7.71. The number of aromatic nitrogens is 2. The summed E-state index contributed by atoms with van der Waals surface area (Å²) in [6.07, 6.45) is 3.28. The number of aryl methyl sites for hydroxylation is 1. The molecule has 78 valence electrons. The summed E-state index contributed by atoms with van der Waals surface area (Å²) in [4.78, 5) is 7.71. The molecule has 0 amide bonds. The van der Waals surface area contributed by atoms with Crippen molar-refractivity contribution in [3.05, 3.63) is 22.2 Å². The second kappa shape index (κ2) is 5.25. The van der Waals surface area contributed by atoms with E-state index in [4.69, 9.17) is 12.2 Å². The van der Waals surface area contributed by atoms with Crippen molar-refractivity contribution in [2.24, 2.45) is 0 Å². The summed E-state index contributed by atoms with van der Waals surface area (Å²) in [7, 11) is 0. The van der Waals surface area contributed by atoms with Gasteiger partial charge in [-0.3, -0.25) is 0 Å². The third-order valence-electron chi connectivity index (χ3n) is 2.42. The molecule has 3 heteroatoms. The lowest BCUT2D eigenvalue weighted by Crippen LogP contribution is -2.03. The largest absolute Gasteiger partial charge is 0.347 e. The molecule has 0 fully saturated rings. The zero-order valence-corrected chi connectivity index (χ0v) is 9.95. The Hall–Kier alpha value is -0.700. The van der Waals surface area contributed by atoms with Crippen LogP contribution in [0.2, 0.25) is 0 Å². The summed E-state index contributed by atoms with van der Waals surface area (Å²) in [6.45, 7) is 6.50. The van der Waals surface area contributed by atoms with Gasteiger partial charge in [-0.05, 0) is 18.9 Å². The maximum Gasteiger partial charge on any atom is 0.129 e. The van der Waals surface area contributed by atoms with Crippen LogP contribution in [0, 0.1) is 4.64 Å². The lowest BCUT2D eigenvalue weighted by molar-refractivity contribution is 0.666. The van der Waals surface area contributed by atoms with E-state index >= 15 is 0 Å². The van der Waals surface area contributed by atoms with Crippen LogP contribution in [0.1, 0.15) is 51.0 Å². The molecule has 1 N–H and O–H groups in total. The Kier molecular flexibility index (Phi) is 4.26. The Morgan fingerprint density at radius 3 is 2.79 bits per heavy atom. The molecule has 0 saturated carbocycles. The molecule has 14 heavy (non-hydrogen) atoms. The van der Waals surface area contributed by atoms with Crippen LogP contribution < -0.4 is 0 Å². The third kappa shape index (κ3) is 2.91. The molecule has 0 radical (unpaired) electrons. The van der Waals surface area contributed by atoms with Crippen LogP contribution in [0.15, 0.2) is 6.07 Å². The minimum atomic E-state index is 0.466. The molecule has 0 spiro atoms. The molecule has 1 unspecified atom stereocenters. The van der Waals surface area contributed by atoms with Gasteiger partial charge in [-0.1, -0.05) is 39.4 Å². The van der Waals surface area contributed by atoms with Crippen LogP contribution in [0.4, 0.5) is 0 Å². The van der Waals surface area contributed by atoms with E-state index < -0.39 is 0 Å². The van der Waals surface area contributed by atoms with Crippen molar-refractivity contribution >= 4 is 12.2 Å². The fraction of sp³-hybridized carbons (Fsp3) is 0.636. The summed E-state index contributed by atoms with van der Waals surface area (Å²) in [6, 6.07) is 1.96. The van der Waals surface area contributed by atoms with E-state index in [1.54, 1.807) is 0 Å². The van der Waals surface area contributed by atoms with E-state index in [0.717, 1.165) is 25.1 Å². The fourth-order valence-corrected chi connectivity index (χ4v) is 1.60. The number of aromatic amines is 1. The summed E-state index contributed by atoms with van der Waals surface area (Å²) in [5.74, 6) is 1.50. The summed E-state index contributed by atoms with van der Waals surface area (Å²) in [5.41, 5.74) is 1.21. The number of nitrogens with one attached hydrogen (secondary N) is 1. The number of hydrogen-bond donors (Lipinski definition) is 1. The minimum absolute atomic E-state index is 0.466. The Bertz CT molecular complexity index is 343. The van der Waals surface area contributed by atoms with Gasteiger partial charge in [0.25, 0.3) is 0 Å². The van der Waals surface area contributed by atoms with Gasteiger partial charge in [0.1, 0.15) is 10.5 Å². The Balaban J connectivity index is 3.00. The number of hydrogen-bond acceptors (Lipinski definition) is 2. The van der Waals surface area contributed by atoms with Crippen molar-refractivity contribution in [2.45, 2.75) is 46.0 Å². The molecule has 1 rings (SSSR count). The first-order valence-electron chi connectivity index (χ1n) is 5.27. The van der Waals surface area contributed by atoms with Gasteiger partial charge >= 0.3 is 0 Å². The predicted molar refractivity (Wildman–Crippen MR) is 62.1 cm³/mol. The second-order valence-electron chi connectivity index (χ2n) is 3.69. The van der Waals surface area contributed by atoms with E-state index in [2.05, 4.69) is 30.7 Å². The lowest BCUT2D eigenvalue weighted by Gasteiger charge is -2.09. The molecule has 1 heterocycles. The lowest BCUT2D eigenvalue weighted by atomic mass is 10.1. The Morgan fingerprint density at radius 1 is 1.50 bits per heavy atom. The van der Waals surface area contributed by atoms with Crippen molar-refractivity contribution in [1.29, 1.82) is 0 Å². The highest BCUT2D eigenvalue weighted by Gasteiger charge is 2.05. The van der Waals surface area contributed by atoms with Crippen molar-refractivity contribution in [2.75, 3.05) is 0 Å². The van der Waals surface area contributed by atoms with Crippen LogP contribution in [0.25, 0.3) is 0 Å². The molecule has 0 aliphatic heterocycles. The number of nitrogens with zero attached hydrogens (tertiary/aromatic N) is 1. The molecular weight excluding hydrogens is 192 g/mol. The van der Waals surface area contributed by atoms with Crippen molar-refractivity contribution < 1.29 is 0 Å². The molecule has 2 nitrogen and oxygen atoms in total. The van der Waals surface area contributed by atoms with Crippen LogP contribution in [0.5, 0.6) is 0 Å². The number of rotatable bonds is 4. The third-order valence-corrected chi connectivity index (χ3v) is 2.62. The maximum absolute atomic E-state index is 5.14. The molecule has 0 bridgehead atoms. The minimum Gasteiger partial charge on any atom is -0.347 e. The number of H-pyrrole nitrogens is 1. The first-order chi connectivity index (χ1) is 6.67. The molecule has 0 aliphatic carbocycles. The Labute approximate surface area is 90.8 Å². The normalized spacial score (nSPS) is 12.8. The monoisotopic (exact) mass is 210 g/mol. The summed E-state index contributed by atoms with van der Waals surface area (Å²) in [5, 5.41) is 0. The zero-order chi connectivity index (χ0) is 10.6. The zero-order valence-electron chi connectivity index (χ0n) is 9.13. The molecular formula is C11H18N2S. The SMILES string of the molecule is CCCc1cc(=S)nc(C(C)CC)[nH]1. The van der Waals surface area contributed by atoms with E-state index in [-0.39, 0.29) is 0 Å². The van der Waals surface area contributed by atoms with Crippen molar-refractivity contribution in [3.63, 3.8) is 0 Å². The van der Waals surface area contributed by atoms with Crippen LogP contribution >= 0.6 is 12.2 Å². The van der Waals surface area contributed by atoms with Gasteiger partial charge in [0.2, 0.25) is 0 Å². The quantitative estimate of drug-likeness (QED) is 0.769. The Morgan fingerprint density at radius 2 is 2.21 bits per heavy atom. The highest BCUT2D eigenvalue weighted by atomic mass is 32.1. The topological polar surface area (TPSA) is 28.7 Å². The van der Waals surface area contributed by atoms with E-state index in [0.29, 0.717) is 10.6 Å². The maximum atomic E-state index is 5.14. The van der Waals surface area contributed by atoms with Gasteiger partial charge in [0.05, 0.1) is 0 Å². The van der Waals surface area contributed by atoms with Crippen LogP contribution in [-0.2, 0) is 6.42 Å². The first-order valence-corrected chi connectivity index (χ1v) is 5.68. The second-order valence-corrected chi connectivity index (χ2v) is 4.11. The van der Waals surface area contributed by atoms with Crippen molar-refractivity contribution in [3.8, 4) is 0 Å². The van der Waals surface area contributed by atoms with Crippen molar-refractivity contribution in [1.82, 2.24) is 9.97 Å².